The monoisotopic (exact) mass is 370 g/mol. The fourth-order valence-electron chi connectivity index (χ4n) is 2.12. The Morgan fingerprint density at radius 3 is 2.57 bits per heavy atom. The largest absolute Gasteiger partial charge is 0.278 e. The summed E-state index contributed by atoms with van der Waals surface area (Å²) in [6.45, 7) is 0. The van der Waals surface area contributed by atoms with E-state index in [-0.39, 0.29) is 15.6 Å². The van der Waals surface area contributed by atoms with Gasteiger partial charge in [-0.25, -0.2) is 12.8 Å². The highest BCUT2D eigenvalue weighted by Crippen LogP contribution is 2.30. The smallest absolute Gasteiger partial charge is 0.262 e. The number of hydrogen-bond acceptors (Lipinski definition) is 3. The molecule has 4 nitrogen and oxygen atoms in total. The Morgan fingerprint density at radius 2 is 1.83 bits per heavy atom. The van der Waals surface area contributed by atoms with Gasteiger partial charge in [0.2, 0.25) is 0 Å². The number of sulfonamides is 1. The van der Waals surface area contributed by atoms with Gasteiger partial charge < -0.3 is 0 Å². The zero-order valence-corrected chi connectivity index (χ0v) is 13.8. The highest BCUT2D eigenvalue weighted by molar-refractivity contribution is 7.93. The second-order valence-corrected chi connectivity index (χ2v) is 7.14. The minimum absolute atomic E-state index is 0.00499. The third-order valence-corrected chi connectivity index (χ3v) is 5.19. The molecule has 0 aliphatic carbocycles. The van der Waals surface area contributed by atoms with Gasteiger partial charge in [0.15, 0.2) is 0 Å². The molecule has 0 unspecified atom stereocenters. The molecule has 3 aromatic rings. The summed E-state index contributed by atoms with van der Waals surface area (Å²) >= 11 is 11.9. The molecule has 0 atom stereocenters. The first-order chi connectivity index (χ1) is 10.9. The Kier molecular flexibility index (Phi) is 4.14. The summed E-state index contributed by atoms with van der Waals surface area (Å²) < 4.78 is 40.7. The van der Waals surface area contributed by atoms with Crippen LogP contribution in [-0.4, -0.2) is 13.4 Å². The summed E-state index contributed by atoms with van der Waals surface area (Å²) in [5, 5.41) is 0.690. The average molecular weight is 371 g/mol. The van der Waals surface area contributed by atoms with Crippen LogP contribution in [0.3, 0.4) is 0 Å². The molecular formula is C15H9Cl2FN2O2S. The molecule has 118 valence electrons. The number of pyridine rings is 1. The first kappa shape index (κ1) is 16.0. The van der Waals surface area contributed by atoms with Crippen LogP contribution in [0.25, 0.3) is 10.9 Å². The molecule has 1 aromatic heterocycles. The van der Waals surface area contributed by atoms with Gasteiger partial charge in [-0.2, -0.15) is 0 Å². The van der Waals surface area contributed by atoms with Crippen molar-refractivity contribution in [3.05, 3.63) is 64.5 Å². The van der Waals surface area contributed by atoms with E-state index in [0.717, 1.165) is 12.1 Å². The Hall–Kier alpha value is -1.89. The maximum atomic E-state index is 13.1. The van der Waals surface area contributed by atoms with Gasteiger partial charge in [-0.05, 0) is 42.5 Å². The van der Waals surface area contributed by atoms with Crippen molar-refractivity contribution in [2.24, 2.45) is 0 Å². The number of rotatable bonds is 3. The number of aromatic nitrogens is 1. The lowest BCUT2D eigenvalue weighted by Crippen LogP contribution is -2.14. The van der Waals surface area contributed by atoms with Crippen molar-refractivity contribution < 1.29 is 12.8 Å². The van der Waals surface area contributed by atoms with Crippen molar-refractivity contribution in [3.8, 4) is 0 Å². The molecule has 1 heterocycles. The van der Waals surface area contributed by atoms with Crippen LogP contribution < -0.4 is 4.72 Å². The van der Waals surface area contributed by atoms with Crippen molar-refractivity contribution in [2.45, 2.75) is 4.90 Å². The molecular weight excluding hydrogens is 362 g/mol. The highest BCUT2D eigenvalue weighted by Gasteiger charge is 2.20. The molecule has 0 saturated heterocycles. The molecule has 0 fully saturated rings. The van der Waals surface area contributed by atoms with Crippen LogP contribution in [0.15, 0.2) is 53.6 Å². The Bertz CT molecular complexity index is 1010. The first-order valence-corrected chi connectivity index (χ1v) is 8.63. The molecule has 0 radical (unpaired) electrons. The van der Waals surface area contributed by atoms with E-state index >= 15 is 0 Å². The lowest BCUT2D eigenvalue weighted by Gasteiger charge is -2.12. The van der Waals surface area contributed by atoms with Gasteiger partial charge in [-0.1, -0.05) is 23.2 Å². The maximum Gasteiger partial charge on any atom is 0.262 e. The Morgan fingerprint density at radius 1 is 1.04 bits per heavy atom. The SMILES string of the molecule is O=S(=O)(Nc1ccc(F)cc1Cl)c1ccc(Cl)c2ncccc12. The van der Waals surface area contributed by atoms with Gasteiger partial charge in [-0.15, -0.1) is 0 Å². The van der Waals surface area contributed by atoms with Gasteiger partial charge in [0, 0.05) is 11.6 Å². The summed E-state index contributed by atoms with van der Waals surface area (Å²) in [5.74, 6) is -0.556. The molecule has 0 amide bonds. The van der Waals surface area contributed by atoms with Crippen LogP contribution in [0.4, 0.5) is 10.1 Å². The zero-order valence-electron chi connectivity index (χ0n) is 11.4. The third-order valence-electron chi connectivity index (χ3n) is 3.15. The van der Waals surface area contributed by atoms with E-state index in [1.54, 1.807) is 12.1 Å². The van der Waals surface area contributed by atoms with Crippen LogP contribution in [0.5, 0.6) is 0 Å². The molecule has 0 aliphatic rings. The Balaban J connectivity index is 2.12. The third kappa shape index (κ3) is 3.10. The van der Waals surface area contributed by atoms with E-state index < -0.39 is 15.8 Å². The summed E-state index contributed by atoms with van der Waals surface area (Å²) in [7, 11) is -3.95. The molecule has 0 saturated carbocycles. The fraction of sp³-hybridized carbons (Fsp3) is 0. The lowest BCUT2D eigenvalue weighted by atomic mass is 10.2. The molecule has 0 spiro atoms. The van der Waals surface area contributed by atoms with E-state index in [4.69, 9.17) is 23.2 Å². The number of hydrogen-bond donors (Lipinski definition) is 1. The number of halogens is 3. The molecule has 8 heteroatoms. The number of nitrogens with one attached hydrogen (secondary N) is 1. The topological polar surface area (TPSA) is 59.1 Å². The van der Waals surface area contributed by atoms with Crippen molar-refractivity contribution >= 4 is 49.8 Å². The van der Waals surface area contributed by atoms with Crippen molar-refractivity contribution in [1.29, 1.82) is 0 Å². The number of fused-ring (bicyclic) bond motifs is 1. The Labute approximate surface area is 141 Å². The summed E-state index contributed by atoms with van der Waals surface area (Å²) in [5.41, 5.74) is 0.460. The van der Waals surface area contributed by atoms with E-state index in [0.29, 0.717) is 15.9 Å². The van der Waals surface area contributed by atoms with Crippen molar-refractivity contribution in [1.82, 2.24) is 4.98 Å². The minimum atomic E-state index is -3.95. The summed E-state index contributed by atoms with van der Waals surface area (Å²) in [6.07, 6.45) is 1.52. The molecule has 3 rings (SSSR count). The molecule has 23 heavy (non-hydrogen) atoms. The predicted molar refractivity (Wildman–Crippen MR) is 89.0 cm³/mol. The van der Waals surface area contributed by atoms with Gasteiger partial charge in [-0.3, -0.25) is 9.71 Å². The highest BCUT2D eigenvalue weighted by atomic mass is 35.5. The van der Waals surface area contributed by atoms with Crippen LogP contribution >= 0.6 is 23.2 Å². The van der Waals surface area contributed by atoms with E-state index in [2.05, 4.69) is 9.71 Å². The zero-order chi connectivity index (χ0) is 16.6. The normalized spacial score (nSPS) is 11.6. The second-order valence-electron chi connectivity index (χ2n) is 4.67. The van der Waals surface area contributed by atoms with Crippen LogP contribution in [0, 0.1) is 5.82 Å². The van der Waals surface area contributed by atoms with Crippen LogP contribution in [0.2, 0.25) is 10.0 Å². The van der Waals surface area contributed by atoms with E-state index in [1.807, 2.05) is 0 Å². The van der Waals surface area contributed by atoms with Crippen molar-refractivity contribution in [2.75, 3.05) is 4.72 Å². The molecule has 1 N–H and O–H groups in total. The van der Waals surface area contributed by atoms with Crippen LogP contribution in [0.1, 0.15) is 0 Å². The number of anilines is 1. The first-order valence-electron chi connectivity index (χ1n) is 6.39. The fourth-order valence-corrected chi connectivity index (χ4v) is 3.88. The predicted octanol–water partition coefficient (Wildman–Crippen LogP) is 4.48. The number of benzene rings is 2. The van der Waals surface area contributed by atoms with Gasteiger partial charge in [0.05, 0.1) is 26.1 Å². The maximum absolute atomic E-state index is 13.1. The molecule has 0 bridgehead atoms. The summed E-state index contributed by atoms with van der Waals surface area (Å²) in [4.78, 5) is 4.10. The quantitative estimate of drug-likeness (QED) is 0.739. The number of nitrogens with zero attached hydrogens (tertiary/aromatic N) is 1. The second kappa shape index (κ2) is 5.96. The summed E-state index contributed by atoms with van der Waals surface area (Å²) in [6, 6.07) is 9.46. The van der Waals surface area contributed by atoms with Crippen molar-refractivity contribution in [3.63, 3.8) is 0 Å². The van der Waals surface area contributed by atoms with E-state index in [9.17, 15) is 12.8 Å². The molecule has 0 aliphatic heterocycles. The molecule has 2 aromatic carbocycles. The lowest BCUT2D eigenvalue weighted by molar-refractivity contribution is 0.602. The standard InChI is InChI=1S/C15H9Cl2FN2O2S/c16-11-4-6-14(10-2-1-7-19-15(10)11)23(21,22)20-13-5-3-9(18)8-12(13)17/h1-8,20H. The van der Waals surface area contributed by atoms with Crippen LogP contribution in [-0.2, 0) is 10.0 Å². The minimum Gasteiger partial charge on any atom is -0.278 e. The van der Waals surface area contributed by atoms with Gasteiger partial charge in [0.25, 0.3) is 10.0 Å². The van der Waals surface area contributed by atoms with E-state index in [1.165, 1.54) is 24.4 Å². The average Bonchev–Trinajstić information content (AvgIpc) is 2.50. The van der Waals surface area contributed by atoms with Gasteiger partial charge in [0.1, 0.15) is 5.82 Å². The van der Waals surface area contributed by atoms with Gasteiger partial charge >= 0.3 is 0 Å².